The lowest BCUT2D eigenvalue weighted by molar-refractivity contribution is 0.360. The zero-order valence-corrected chi connectivity index (χ0v) is 11.8. The second kappa shape index (κ2) is 4.42. The molecule has 0 unspecified atom stereocenters. The first kappa shape index (κ1) is 12.6. The minimum atomic E-state index is -2.97. The molecule has 1 aliphatic rings. The molecular formula is C14H12N2O4S. The third-order valence-electron chi connectivity index (χ3n) is 3.67. The van der Waals surface area contributed by atoms with Gasteiger partial charge >= 0.3 is 0 Å². The van der Waals surface area contributed by atoms with E-state index in [2.05, 4.69) is 10.1 Å². The second-order valence-corrected chi connectivity index (χ2v) is 7.43. The van der Waals surface area contributed by atoms with E-state index in [1.165, 1.54) is 0 Å². The zero-order valence-electron chi connectivity index (χ0n) is 11.0. The minimum Gasteiger partial charge on any atom is -0.453 e. The summed E-state index contributed by atoms with van der Waals surface area (Å²) in [4.78, 5) is 4.29. The number of sulfone groups is 1. The lowest BCUT2D eigenvalue weighted by atomic mass is 10.1. The van der Waals surface area contributed by atoms with Gasteiger partial charge in [0, 0.05) is 5.39 Å². The Morgan fingerprint density at radius 3 is 2.86 bits per heavy atom. The van der Waals surface area contributed by atoms with E-state index >= 15 is 0 Å². The van der Waals surface area contributed by atoms with E-state index in [0.717, 1.165) is 11.0 Å². The van der Waals surface area contributed by atoms with Crippen molar-refractivity contribution in [1.82, 2.24) is 10.1 Å². The molecule has 21 heavy (non-hydrogen) atoms. The van der Waals surface area contributed by atoms with Gasteiger partial charge in [-0.2, -0.15) is 4.98 Å². The van der Waals surface area contributed by atoms with Gasteiger partial charge in [0.2, 0.25) is 11.7 Å². The molecule has 2 aromatic heterocycles. The summed E-state index contributed by atoms with van der Waals surface area (Å²) in [5.41, 5.74) is 0.752. The summed E-state index contributed by atoms with van der Waals surface area (Å²) in [6.07, 6.45) is 0.532. The Balaban J connectivity index is 1.68. The van der Waals surface area contributed by atoms with Crippen LogP contribution in [0.2, 0.25) is 0 Å². The molecule has 6 nitrogen and oxygen atoms in total. The third kappa shape index (κ3) is 2.23. The molecule has 108 valence electrons. The van der Waals surface area contributed by atoms with Crippen molar-refractivity contribution in [1.29, 1.82) is 0 Å². The van der Waals surface area contributed by atoms with E-state index < -0.39 is 9.84 Å². The van der Waals surface area contributed by atoms with Crippen LogP contribution in [0.4, 0.5) is 0 Å². The van der Waals surface area contributed by atoms with Crippen molar-refractivity contribution in [3.63, 3.8) is 0 Å². The number of benzene rings is 1. The molecule has 3 aromatic rings. The molecule has 0 spiro atoms. The highest BCUT2D eigenvalue weighted by molar-refractivity contribution is 7.91. The summed E-state index contributed by atoms with van der Waals surface area (Å²) >= 11 is 0. The van der Waals surface area contributed by atoms with Crippen molar-refractivity contribution >= 4 is 20.8 Å². The van der Waals surface area contributed by atoms with Crippen molar-refractivity contribution in [2.75, 3.05) is 11.5 Å². The Kier molecular flexibility index (Phi) is 2.65. The Labute approximate surface area is 120 Å². The molecular weight excluding hydrogens is 292 g/mol. The Hall–Kier alpha value is -2.15. The summed E-state index contributed by atoms with van der Waals surface area (Å²) in [6, 6.07) is 9.46. The van der Waals surface area contributed by atoms with Crippen LogP contribution in [0.15, 0.2) is 39.3 Å². The number of rotatable bonds is 2. The van der Waals surface area contributed by atoms with E-state index in [1.807, 2.05) is 30.3 Å². The van der Waals surface area contributed by atoms with E-state index in [-0.39, 0.29) is 17.4 Å². The highest BCUT2D eigenvalue weighted by Crippen LogP contribution is 2.30. The number of aromatic nitrogens is 2. The lowest BCUT2D eigenvalue weighted by Gasteiger charge is -1.97. The van der Waals surface area contributed by atoms with Gasteiger partial charge in [-0.3, -0.25) is 0 Å². The van der Waals surface area contributed by atoms with Crippen LogP contribution in [-0.2, 0) is 9.84 Å². The van der Waals surface area contributed by atoms with Crippen molar-refractivity contribution in [2.45, 2.75) is 12.3 Å². The maximum absolute atomic E-state index is 11.5. The van der Waals surface area contributed by atoms with Crippen LogP contribution in [0.25, 0.3) is 22.6 Å². The van der Waals surface area contributed by atoms with Crippen molar-refractivity contribution in [3.05, 3.63) is 36.2 Å². The Morgan fingerprint density at radius 2 is 2.10 bits per heavy atom. The van der Waals surface area contributed by atoms with Crippen molar-refractivity contribution < 1.29 is 17.4 Å². The smallest absolute Gasteiger partial charge is 0.238 e. The molecule has 1 atom stereocenters. The minimum absolute atomic E-state index is 0.0781. The van der Waals surface area contributed by atoms with Gasteiger partial charge in [0.05, 0.1) is 17.4 Å². The van der Waals surface area contributed by atoms with Gasteiger partial charge < -0.3 is 8.94 Å². The molecule has 1 aliphatic heterocycles. The number of furan rings is 1. The highest BCUT2D eigenvalue weighted by Gasteiger charge is 2.33. The molecule has 3 heterocycles. The SMILES string of the molecule is O=S1(=O)CC[C@H](c2nc(-c3cc4ccccc4o3)no2)C1. The van der Waals surface area contributed by atoms with Crippen LogP contribution in [0, 0.1) is 0 Å². The van der Waals surface area contributed by atoms with E-state index in [4.69, 9.17) is 8.94 Å². The normalized spacial score (nSPS) is 21.0. The standard InChI is InChI=1S/C14H12N2O4S/c17-21(18)6-5-10(8-21)14-15-13(16-20-14)12-7-9-3-1-2-4-11(9)19-12/h1-4,7,10H,5-6,8H2/t10-/m0/s1. The maximum atomic E-state index is 11.5. The van der Waals surface area contributed by atoms with E-state index in [9.17, 15) is 8.42 Å². The van der Waals surface area contributed by atoms with Crippen molar-refractivity contribution in [3.8, 4) is 11.6 Å². The van der Waals surface area contributed by atoms with E-state index in [0.29, 0.717) is 23.9 Å². The summed E-state index contributed by atoms with van der Waals surface area (Å²) in [5, 5.41) is 4.86. The van der Waals surface area contributed by atoms with Crippen LogP contribution in [0.1, 0.15) is 18.2 Å². The zero-order chi connectivity index (χ0) is 14.4. The predicted molar refractivity (Wildman–Crippen MR) is 75.5 cm³/mol. The first-order chi connectivity index (χ1) is 10.1. The molecule has 7 heteroatoms. The summed E-state index contributed by atoms with van der Waals surface area (Å²) in [6.45, 7) is 0. The maximum Gasteiger partial charge on any atom is 0.238 e. The highest BCUT2D eigenvalue weighted by atomic mass is 32.2. The number of fused-ring (bicyclic) bond motifs is 1. The van der Waals surface area contributed by atoms with Crippen LogP contribution in [0.3, 0.4) is 0 Å². The summed E-state index contributed by atoms with van der Waals surface area (Å²) in [5.74, 6) is 1.29. The van der Waals surface area contributed by atoms with Gasteiger partial charge in [-0.05, 0) is 18.6 Å². The fourth-order valence-electron chi connectivity index (χ4n) is 2.58. The lowest BCUT2D eigenvalue weighted by Crippen LogP contribution is -2.03. The molecule has 1 fully saturated rings. The summed E-state index contributed by atoms with van der Waals surface area (Å²) < 4.78 is 33.9. The Morgan fingerprint density at radius 1 is 1.24 bits per heavy atom. The average Bonchev–Trinajstić information content (AvgIpc) is 3.14. The Bertz CT molecular complexity index is 877. The number of para-hydroxylation sites is 1. The van der Waals surface area contributed by atoms with Crippen LogP contribution >= 0.6 is 0 Å². The van der Waals surface area contributed by atoms with Gasteiger partial charge in [0.25, 0.3) is 0 Å². The van der Waals surface area contributed by atoms with Crippen LogP contribution in [-0.4, -0.2) is 30.1 Å². The monoisotopic (exact) mass is 304 g/mol. The average molecular weight is 304 g/mol. The number of hydrogen-bond donors (Lipinski definition) is 0. The molecule has 0 saturated carbocycles. The largest absolute Gasteiger partial charge is 0.453 e. The predicted octanol–water partition coefficient (Wildman–Crippen LogP) is 2.38. The summed E-state index contributed by atoms with van der Waals surface area (Å²) in [7, 11) is -2.97. The van der Waals surface area contributed by atoms with Gasteiger partial charge in [0.15, 0.2) is 15.6 Å². The van der Waals surface area contributed by atoms with Gasteiger partial charge in [-0.25, -0.2) is 8.42 Å². The molecule has 1 saturated heterocycles. The van der Waals surface area contributed by atoms with Crippen LogP contribution < -0.4 is 0 Å². The molecule has 1 aromatic carbocycles. The van der Waals surface area contributed by atoms with Gasteiger partial charge in [-0.1, -0.05) is 23.4 Å². The van der Waals surface area contributed by atoms with Gasteiger partial charge in [0.1, 0.15) is 5.58 Å². The molecule has 0 radical (unpaired) electrons. The molecule has 0 bridgehead atoms. The van der Waals surface area contributed by atoms with E-state index in [1.54, 1.807) is 0 Å². The molecule has 0 amide bonds. The molecule has 4 rings (SSSR count). The van der Waals surface area contributed by atoms with Crippen LogP contribution in [0.5, 0.6) is 0 Å². The third-order valence-corrected chi connectivity index (χ3v) is 5.44. The van der Waals surface area contributed by atoms with Crippen molar-refractivity contribution in [2.24, 2.45) is 0 Å². The fraction of sp³-hybridized carbons (Fsp3) is 0.286. The first-order valence-electron chi connectivity index (χ1n) is 6.64. The second-order valence-electron chi connectivity index (χ2n) is 5.20. The fourth-order valence-corrected chi connectivity index (χ4v) is 4.32. The first-order valence-corrected chi connectivity index (χ1v) is 8.46. The molecule has 0 aliphatic carbocycles. The van der Waals surface area contributed by atoms with Gasteiger partial charge in [-0.15, -0.1) is 0 Å². The number of hydrogen-bond acceptors (Lipinski definition) is 6. The topological polar surface area (TPSA) is 86.2 Å². The molecule has 0 N–H and O–H groups in total. The number of nitrogens with zero attached hydrogens (tertiary/aromatic N) is 2. The quantitative estimate of drug-likeness (QED) is 0.722.